The molecule has 0 spiro atoms. The first-order valence-electron chi connectivity index (χ1n) is 7.59. The molecule has 0 aliphatic carbocycles. The second-order valence-corrected chi connectivity index (χ2v) is 6.52. The minimum absolute atomic E-state index is 0.112. The van der Waals surface area contributed by atoms with E-state index in [0.29, 0.717) is 25.1 Å². The Labute approximate surface area is 130 Å². The molecule has 2 rings (SSSR count). The van der Waals surface area contributed by atoms with Gasteiger partial charge in [0.05, 0.1) is 5.69 Å². The minimum Gasteiger partial charge on any atom is -0.508 e. The number of ether oxygens (including phenoxy) is 1. The Balaban J connectivity index is 2.33. The molecule has 0 aromatic heterocycles. The van der Waals surface area contributed by atoms with E-state index in [1.54, 1.807) is 43.9 Å². The van der Waals surface area contributed by atoms with Crippen LogP contribution in [-0.2, 0) is 20.7 Å². The lowest BCUT2D eigenvalue weighted by atomic mass is 10.00. The van der Waals surface area contributed by atoms with Gasteiger partial charge in [0.25, 0.3) is 0 Å². The Morgan fingerprint density at radius 1 is 1.41 bits per heavy atom. The highest BCUT2D eigenvalue weighted by Crippen LogP contribution is 2.33. The first kappa shape index (κ1) is 16.3. The summed E-state index contributed by atoms with van der Waals surface area (Å²) in [5.74, 6) is -1.43. The molecule has 22 heavy (non-hydrogen) atoms. The van der Waals surface area contributed by atoms with E-state index in [-0.39, 0.29) is 11.7 Å². The van der Waals surface area contributed by atoms with Gasteiger partial charge in [0, 0.05) is 12.6 Å². The summed E-state index contributed by atoms with van der Waals surface area (Å²) in [6.07, 6.45) is 1.02. The van der Waals surface area contributed by atoms with E-state index in [1.165, 1.54) is 0 Å². The number of aromatic hydroxyl groups is 1. The Morgan fingerprint density at radius 3 is 2.68 bits per heavy atom. The number of hydrogen-bond donors (Lipinski definition) is 1. The number of benzene rings is 1. The zero-order chi connectivity index (χ0) is 16.5. The molecule has 1 aromatic carbocycles. The molecular weight excluding hydrogens is 282 g/mol. The third-order valence-corrected chi connectivity index (χ3v) is 3.63. The number of nitrogens with zero attached hydrogens (tertiary/aromatic N) is 1. The van der Waals surface area contributed by atoms with E-state index in [0.717, 1.165) is 5.56 Å². The lowest BCUT2D eigenvalue weighted by Crippen LogP contribution is -2.41. The van der Waals surface area contributed by atoms with Crippen molar-refractivity contribution in [3.05, 3.63) is 23.8 Å². The molecule has 0 saturated carbocycles. The summed E-state index contributed by atoms with van der Waals surface area (Å²) >= 11 is 0. The zero-order valence-corrected chi connectivity index (χ0v) is 13.5. The zero-order valence-electron chi connectivity index (χ0n) is 13.5. The monoisotopic (exact) mass is 305 g/mol. The van der Waals surface area contributed by atoms with Crippen LogP contribution in [0.4, 0.5) is 5.69 Å². The maximum Gasteiger partial charge on any atom is 0.319 e. The van der Waals surface area contributed by atoms with Crippen LogP contribution in [0.1, 0.15) is 39.7 Å². The normalized spacial score (nSPS) is 18.6. The number of carbonyl (C=O) groups excluding carboxylic acids is 2. The SMILES string of the molecule is CCN1C(=O)[C@@H](C(=O)OC(C)(C)C)CCc2ccc(O)cc21. The Morgan fingerprint density at radius 2 is 2.09 bits per heavy atom. The molecule has 5 heteroatoms. The highest BCUT2D eigenvalue weighted by molar-refractivity contribution is 6.07. The molecule has 0 radical (unpaired) electrons. The lowest BCUT2D eigenvalue weighted by molar-refractivity contribution is -0.162. The number of rotatable bonds is 2. The smallest absolute Gasteiger partial charge is 0.319 e. The van der Waals surface area contributed by atoms with Crippen LogP contribution in [0.2, 0.25) is 0 Å². The number of phenolic OH excluding ortho intramolecular Hbond substituents is 1. The van der Waals surface area contributed by atoms with Gasteiger partial charge in [0.2, 0.25) is 5.91 Å². The summed E-state index contributed by atoms with van der Waals surface area (Å²) in [6.45, 7) is 7.65. The van der Waals surface area contributed by atoms with Crippen LogP contribution in [0.25, 0.3) is 0 Å². The van der Waals surface area contributed by atoms with Gasteiger partial charge in [-0.3, -0.25) is 9.59 Å². The first-order chi connectivity index (χ1) is 10.2. The average molecular weight is 305 g/mol. The molecule has 1 aliphatic heterocycles. The van der Waals surface area contributed by atoms with Gasteiger partial charge in [0.1, 0.15) is 17.3 Å². The highest BCUT2D eigenvalue weighted by atomic mass is 16.6. The Kier molecular flexibility index (Phi) is 4.44. The van der Waals surface area contributed by atoms with Crippen molar-refractivity contribution in [1.29, 1.82) is 0 Å². The summed E-state index contributed by atoms with van der Waals surface area (Å²) in [7, 11) is 0. The molecule has 1 atom stereocenters. The van der Waals surface area contributed by atoms with Gasteiger partial charge in [-0.25, -0.2) is 0 Å². The van der Waals surface area contributed by atoms with Gasteiger partial charge in [-0.2, -0.15) is 0 Å². The van der Waals surface area contributed by atoms with Crippen LogP contribution < -0.4 is 4.90 Å². The van der Waals surface area contributed by atoms with E-state index < -0.39 is 17.5 Å². The van der Waals surface area contributed by atoms with Crippen LogP contribution in [-0.4, -0.2) is 29.1 Å². The summed E-state index contributed by atoms with van der Waals surface area (Å²) in [5.41, 5.74) is 1.02. The van der Waals surface area contributed by atoms with Gasteiger partial charge in [-0.1, -0.05) is 6.07 Å². The maximum atomic E-state index is 12.7. The molecular formula is C17H23NO4. The highest BCUT2D eigenvalue weighted by Gasteiger charge is 2.37. The molecule has 5 nitrogen and oxygen atoms in total. The summed E-state index contributed by atoms with van der Waals surface area (Å²) in [6, 6.07) is 4.98. The second kappa shape index (κ2) is 5.99. The van der Waals surface area contributed by atoms with Crippen LogP contribution >= 0.6 is 0 Å². The van der Waals surface area contributed by atoms with Crippen LogP contribution in [0, 0.1) is 5.92 Å². The molecule has 0 fully saturated rings. The number of esters is 1. The molecule has 1 N–H and O–H groups in total. The molecule has 120 valence electrons. The van der Waals surface area contributed by atoms with Crippen molar-refractivity contribution in [2.75, 3.05) is 11.4 Å². The van der Waals surface area contributed by atoms with E-state index in [9.17, 15) is 14.7 Å². The van der Waals surface area contributed by atoms with Gasteiger partial charge < -0.3 is 14.7 Å². The predicted molar refractivity (Wildman–Crippen MR) is 83.8 cm³/mol. The third kappa shape index (κ3) is 3.40. The molecule has 0 saturated heterocycles. The van der Waals surface area contributed by atoms with Crippen molar-refractivity contribution >= 4 is 17.6 Å². The van der Waals surface area contributed by atoms with Gasteiger partial charge in [-0.05, 0) is 52.2 Å². The van der Waals surface area contributed by atoms with E-state index in [4.69, 9.17) is 4.74 Å². The predicted octanol–water partition coefficient (Wildman–Crippen LogP) is 2.65. The van der Waals surface area contributed by atoms with Crippen molar-refractivity contribution in [2.24, 2.45) is 5.92 Å². The topological polar surface area (TPSA) is 66.8 Å². The minimum atomic E-state index is -0.797. The number of aryl methyl sites for hydroxylation is 1. The summed E-state index contributed by atoms with van der Waals surface area (Å²) in [5, 5.41) is 9.68. The van der Waals surface area contributed by atoms with Crippen LogP contribution in [0.5, 0.6) is 5.75 Å². The van der Waals surface area contributed by atoms with Gasteiger partial charge >= 0.3 is 5.97 Å². The standard InChI is InChI=1S/C17H23NO4/c1-5-18-14-10-12(19)8-6-11(14)7-9-13(15(18)20)16(21)22-17(2,3)4/h6,8,10,13,19H,5,7,9H2,1-4H3/t13-/m0/s1. The lowest BCUT2D eigenvalue weighted by Gasteiger charge is -2.26. The van der Waals surface area contributed by atoms with E-state index in [2.05, 4.69) is 0 Å². The largest absolute Gasteiger partial charge is 0.508 e. The fourth-order valence-electron chi connectivity index (χ4n) is 2.66. The third-order valence-electron chi connectivity index (χ3n) is 3.63. The maximum absolute atomic E-state index is 12.7. The van der Waals surface area contributed by atoms with Crippen molar-refractivity contribution in [2.45, 2.75) is 46.1 Å². The van der Waals surface area contributed by atoms with Gasteiger partial charge in [0.15, 0.2) is 0 Å². The molecule has 0 bridgehead atoms. The Bertz CT molecular complexity index is 589. The molecule has 1 amide bonds. The van der Waals surface area contributed by atoms with E-state index in [1.807, 2.05) is 6.92 Å². The molecule has 0 unspecified atom stereocenters. The molecule has 1 aromatic rings. The average Bonchev–Trinajstić information content (AvgIpc) is 2.52. The quantitative estimate of drug-likeness (QED) is 0.674. The molecule has 1 aliphatic rings. The van der Waals surface area contributed by atoms with E-state index >= 15 is 0 Å². The summed E-state index contributed by atoms with van der Waals surface area (Å²) < 4.78 is 5.38. The van der Waals surface area contributed by atoms with Crippen LogP contribution in [0.3, 0.4) is 0 Å². The Hall–Kier alpha value is -2.04. The number of fused-ring (bicyclic) bond motifs is 1. The number of amides is 1. The van der Waals surface area contributed by atoms with Crippen LogP contribution in [0.15, 0.2) is 18.2 Å². The van der Waals surface area contributed by atoms with Crippen molar-refractivity contribution in [3.8, 4) is 5.75 Å². The number of phenols is 1. The molecule has 1 heterocycles. The number of hydrogen-bond acceptors (Lipinski definition) is 4. The fourth-order valence-corrected chi connectivity index (χ4v) is 2.66. The first-order valence-corrected chi connectivity index (χ1v) is 7.59. The number of carbonyl (C=O) groups is 2. The van der Waals surface area contributed by atoms with Crippen molar-refractivity contribution < 1.29 is 19.4 Å². The van der Waals surface area contributed by atoms with Gasteiger partial charge in [-0.15, -0.1) is 0 Å². The second-order valence-electron chi connectivity index (χ2n) is 6.52. The number of anilines is 1. The summed E-state index contributed by atoms with van der Waals surface area (Å²) in [4.78, 5) is 26.6. The van der Waals surface area contributed by atoms with Crippen molar-refractivity contribution in [3.63, 3.8) is 0 Å². The fraction of sp³-hybridized carbons (Fsp3) is 0.529. The van der Waals surface area contributed by atoms with Crippen molar-refractivity contribution in [1.82, 2.24) is 0 Å².